The summed E-state index contributed by atoms with van der Waals surface area (Å²) in [5.41, 5.74) is -0.356. The van der Waals surface area contributed by atoms with Crippen LogP contribution in [0.4, 0.5) is 13.2 Å². The molecule has 9 nitrogen and oxygen atoms in total. The molecule has 0 spiro atoms. The normalized spacial score (nSPS) is 31.4. The Morgan fingerprint density at radius 2 is 1.77 bits per heavy atom. The Bertz CT molecular complexity index is 794. The topological polar surface area (TPSA) is 119 Å². The number of hydrogen-bond donors (Lipinski definition) is 3. The predicted octanol–water partition coefficient (Wildman–Crippen LogP) is 0.826. The molecular weight excluding hydrogens is 441 g/mol. The number of carbonyl (C=O) groups is 2. The van der Waals surface area contributed by atoms with Gasteiger partial charge in [0.2, 0.25) is 5.91 Å². The number of alkyl halides is 3. The third-order valence-electron chi connectivity index (χ3n) is 6.69. The van der Waals surface area contributed by atoms with E-state index in [9.17, 15) is 26.4 Å². The molecule has 0 atom stereocenters. The van der Waals surface area contributed by atoms with Crippen molar-refractivity contribution in [2.24, 2.45) is 0 Å². The molecule has 3 N–H and O–H groups in total. The van der Waals surface area contributed by atoms with Gasteiger partial charge in [0.25, 0.3) is 10.2 Å². The van der Waals surface area contributed by atoms with Crippen molar-refractivity contribution in [3.8, 4) is 0 Å². The Morgan fingerprint density at radius 1 is 1.23 bits per heavy atom. The molecule has 0 aromatic carbocycles. The molecule has 5 rings (SSSR count). The number of piperidine rings is 2. The Balaban J connectivity index is 0.000000339. The zero-order valence-electron chi connectivity index (χ0n) is 17.4. The van der Waals surface area contributed by atoms with Crippen LogP contribution >= 0.6 is 0 Å². The standard InChI is InChI=1S/C16H28N4O3S.C2HF3O2/c1-19(13-5-7-17-8-6-13)24(22,23)18-15-10-16(11-15,12-15)20-9-3-2-4-14(20)21;3-2(4,5)1(6)7/h13,17-18H,2-12H2,1H3;(H,6,7). The molecule has 13 heteroatoms. The second kappa shape index (κ2) is 8.49. The van der Waals surface area contributed by atoms with Crippen molar-refractivity contribution < 1.29 is 36.3 Å². The highest BCUT2D eigenvalue weighted by Gasteiger charge is 2.72. The lowest BCUT2D eigenvalue weighted by molar-refractivity contribution is -0.192. The summed E-state index contributed by atoms with van der Waals surface area (Å²) in [7, 11) is -1.77. The lowest BCUT2D eigenvalue weighted by atomic mass is 9.43. The lowest BCUT2D eigenvalue weighted by Gasteiger charge is -2.73. The number of aliphatic carboxylic acids is 1. The Hall–Kier alpha value is -1.44. The highest BCUT2D eigenvalue weighted by Crippen LogP contribution is 2.64. The fraction of sp³-hybridized carbons (Fsp3) is 0.889. The van der Waals surface area contributed by atoms with E-state index in [1.807, 2.05) is 4.90 Å². The molecule has 0 aromatic rings. The molecule has 3 saturated carbocycles. The third kappa shape index (κ3) is 4.99. The number of carboxylic acid groups (broad SMARTS) is 1. The monoisotopic (exact) mass is 470 g/mol. The maximum absolute atomic E-state index is 12.7. The second-order valence-corrected chi connectivity index (χ2v) is 10.7. The van der Waals surface area contributed by atoms with Crippen LogP contribution in [0.3, 0.4) is 0 Å². The van der Waals surface area contributed by atoms with Gasteiger partial charge in [-0.05, 0) is 58.0 Å². The molecule has 1 amide bonds. The molecule has 0 unspecified atom stereocenters. The van der Waals surface area contributed by atoms with Gasteiger partial charge in [0, 0.05) is 37.1 Å². The number of likely N-dealkylation sites (tertiary alicyclic amines) is 1. The number of halogens is 3. The number of carboxylic acids is 1. The SMILES string of the molecule is CN(C1CCNCC1)S(=O)(=O)NC12CC(N3CCCCC3=O)(C1)C2.O=C(O)C(F)(F)F. The molecule has 0 radical (unpaired) electrons. The average Bonchev–Trinajstić information content (AvgIpc) is 2.64. The summed E-state index contributed by atoms with van der Waals surface area (Å²) in [5.74, 6) is -2.50. The number of amides is 1. The number of nitrogens with zero attached hydrogens (tertiary/aromatic N) is 2. The summed E-state index contributed by atoms with van der Waals surface area (Å²) in [6, 6.07) is 0.0775. The summed E-state index contributed by atoms with van der Waals surface area (Å²) in [4.78, 5) is 23.1. The molecule has 2 saturated heterocycles. The van der Waals surface area contributed by atoms with E-state index in [0.717, 1.165) is 64.6 Å². The van der Waals surface area contributed by atoms with Crippen LogP contribution in [-0.2, 0) is 19.8 Å². The van der Waals surface area contributed by atoms with E-state index in [-0.39, 0.29) is 23.0 Å². The van der Waals surface area contributed by atoms with Crippen LogP contribution in [0, 0.1) is 0 Å². The first-order chi connectivity index (χ1) is 14.3. The van der Waals surface area contributed by atoms with Crippen LogP contribution in [0.25, 0.3) is 0 Å². The zero-order valence-corrected chi connectivity index (χ0v) is 18.2. The Kier molecular flexibility index (Phi) is 6.63. The van der Waals surface area contributed by atoms with Crippen LogP contribution in [0.5, 0.6) is 0 Å². The fourth-order valence-electron chi connectivity index (χ4n) is 5.15. The summed E-state index contributed by atoms with van der Waals surface area (Å²) < 4.78 is 61.7. The lowest BCUT2D eigenvalue weighted by Crippen LogP contribution is -2.84. The maximum atomic E-state index is 12.7. The van der Waals surface area contributed by atoms with Crippen LogP contribution in [0.2, 0.25) is 0 Å². The van der Waals surface area contributed by atoms with E-state index in [0.29, 0.717) is 6.42 Å². The van der Waals surface area contributed by atoms with Gasteiger partial charge >= 0.3 is 12.1 Å². The van der Waals surface area contributed by atoms with Gasteiger partial charge in [-0.2, -0.15) is 30.6 Å². The summed E-state index contributed by atoms with van der Waals surface area (Å²) >= 11 is 0. The van der Waals surface area contributed by atoms with Crippen LogP contribution < -0.4 is 10.0 Å². The summed E-state index contributed by atoms with van der Waals surface area (Å²) in [6.07, 6.45) is 1.70. The molecule has 2 bridgehead atoms. The smallest absolute Gasteiger partial charge is 0.475 e. The maximum Gasteiger partial charge on any atom is 0.490 e. The van der Waals surface area contributed by atoms with E-state index in [2.05, 4.69) is 10.0 Å². The molecule has 5 aliphatic rings. The first-order valence-corrected chi connectivity index (χ1v) is 11.8. The van der Waals surface area contributed by atoms with Crippen LogP contribution in [0.15, 0.2) is 0 Å². The number of rotatable bonds is 5. The molecule has 3 aliphatic carbocycles. The molecule has 0 aromatic heterocycles. The minimum Gasteiger partial charge on any atom is -0.475 e. The predicted molar refractivity (Wildman–Crippen MR) is 104 cm³/mol. The average molecular weight is 471 g/mol. The highest BCUT2D eigenvalue weighted by molar-refractivity contribution is 7.87. The van der Waals surface area contributed by atoms with Crippen molar-refractivity contribution in [3.05, 3.63) is 0 Å². The van der Waals surface area contributed by atoms with E-state index < -0.39 is 22.4 Å². The number of hydrogen-bond acceptors (Lipinski definition) is 5. The van der Waals surface area contributed by atoms with Gasteiger partial charge in [-0.25, -0.2) is 4.79 Å². The van der Waals surface area contributed by atoms with Crippen molar-refractivity contribution in [1.82, 2.24) is 19.2 Å². The van der Waals surface area contributed by atoms with Crippen molar-refractivity contribution in [2.75, 3.05) is 26.7 Å². The molecule has 2 heterocycles. The van der Waals surface area contributed by atoms with Gasteiger partial charge in [0.05, 0.1) is 0 Å². The zero-order chi connectivity index (χ0) is 23.1. The van der Waals surface area contributed by atoms with Gasteiger partial charge in [-0.1, -0.05) is 0 Å². The summed E-state index contributed by atoms with van der Waals surface area (Å²) in [6.45, 7) is 2.59. The number of nitrogens with one attached hydrogen (secondary N) is 2. The second-order valence-electron chi connectivity index (χ2n) is 8.94. The third-order valence-corrected chi connectivity index (χ3v) is 8.44. The molecule has 5 fully saturated rings. The molecular formula is C18H29F3N4O5S. The van der Waals surface area contributed by atoms with Crippen LogP contribution in [-0.4, -0.2) is 84.6 Å². The van der Waals surface area contributed by atoms with Gasteiger partial charge in [-0.3, -0.25) is 4.79 Å². The minimum atomic E-state index is -5.08. The first kappa shape index (κ1) is 24.2. The molecule has 2 aliphatic heterocycles. The van der Waals surface area contributed by atoms with E-state index in [4.69, 9.17) is 9.90 Å². The molecule has 178 valence electrons. The summed E-state index contributed by atoms with van der Waals surface area (Å²) in [5, 5.41) is 10.4. The van der Waals surface area contributed by atoms with E-state index in [1.165, 1.54) is 4.31 Å². The van der Waals surface area contributed by atoms with Gasteiger partial charge in [0.15, 0.2) is 0 Å². The van der Waals surface area contributed by atoms with Gasteiger partial charge in [-0.15, -0.1) is 0 Å². The highest BCUT2D eigenvalue weighted by atomic mass is 32.2. The minimum absolute atomic E-state index is 0.0483. The van der Waals surface area contributed by atoms with Crippen LogP contribution in [0.1, 0.15) is 51.4 Å². The Labute approximate surface area is 179 Å². The largest absolute Gasteiger partial charge is 0.490 e. The Morgan fingerprint density at radius 3 is 2.26 bits per heavy atom. The molecule has 31 heavy (non-hydrogen) atoms. The van der Waals surface area contributed by atoms with Gasteiger partial charge in [0.1, 0.15) is 0 Å². The first-order valence-electron chi connectivity index (χ1n) is 10.4. The van der Waals surface area contributed by atoms with Crippen molar-refractivity contribution >= 4 is 22.1 Å². The fourth-order valence-corrected chi connectivity index (χ4v) is 6.66. The number of carbonyl (C=O) groups excluding carboxylic acids is 1. The van der Waals surface area contributed by atoms with Gasteiger partial charge < -0.3 is 15.3 Å². The van der Waals surface area contributed by atoms with Crippen molar-refractivity contribution in [3.63, 3.8) is 0 Å². The van der Waals surface area contributed by atoms with Crippen molar-refractivity contribution in [2.45, 2.75) is 74.7 Å². The van der Waals surface area contributed by atoms with Crippen molar-refractivity contribution in [1.29, 1.82) is 0 Å². The van der Waals surface area contributed by atoms with E-state index >= 15 is 0 Å². The quantitative estimate of drug-likeness (QED) is 0.548. The van der Waals surface area contributed by atoms with E-state index in [1.54, 1.807) is 7.05 Å².